The molecule has 0 aliphatic rings. The van der Waals surface area contributed by atoms with Crippen LogP contribution in [-0.4, -0.2) is 133 Å². The standard InChI is InChI=1S/3C22H45O5.Al/c3*1-5-8-11-14-17-25-22(20-24-21(4)23,26-18-15-12-9-6-2)27-19-16-13-10-7-3;/h3*21H,5-20H2,1-4H3;/q3*-1;+3. The van der Waals surface area contributed by atoms with Crippen LogP contribution in [0.3, 0.4) is 0 Å². The van der Waals surface area contributed by atoms with E-state index < -0.39 is 36.8 Å². The van der Waals surface area contributed by atoms with Gasteiger partial charge in [0.05, 0.1) is 59.5 Å². The molecule has 492 valence electrons. The van der Waals surface area contributed by atoms with E-state index >= 15 is 0 Å². The molecular formula is C66H135AlO15. The van der Waals surface area contributed by atoms with Crippen LogP contribution in [0.25, 0.3) is 0 Å². The molecule has 0 saturated heterocycles. The molecular weight excluding hydrogens is 1060 g/mol. The molecule has 0 aliphatic carbocycles. The molecule has 16 heteroatoms. The minimum absolute atomic E-state index is 0. The minimum atomic E-state index is -1.25. The van der Waals surface area contributed by atoms with Gasteiger partial charge in [-0.2, -0.15) is 0 Å². The molecule has 3 unspecified atom stereocenters. The van der Waals surface area contributed by atoms with Gasteiger partial charge in [-0.3, -0.25) is 0 Å². The van der Waals surface area contributed by atoms with Crippen molar-refractivity contribution in [2.24, 2.45) is 0 Å². The molecule has 0 bridgehead atoms. The van der Waals surface area contributed by atoms with Gasteiger partial charge >= 0.3 is 35.3 Å². The van der Waals surface area contributed by atoms with E-state index in [4.69, 9.17) is 56.8 Å². The van der Waals surface area contributed by atoms with Crippen molar-refractivity contribution in [1.29, 1.82) is 0 Å². The van der Waals surface area contributed by atoms with Crippen molar-refractivity contribution >= 4 is 17.4 Å². The largest absolute Gasteiger partial charge is 3.00 e. The Morgan fingerprint density at radius 2 is 0.341 bits per heavy atom. The maximum atomic E-state index is 11.4. The van der Waals surface area contributed by atoms with Gasteiger partial charge < -0.3 is 72.2 Å². The SMILES string of the molecule is CCCCCCOC(COC(C)[O-])(OCCCCCC)OCCCCCC.CCCCCCOC(COC(C)[O-])(OCCCCCC)OCCCCCC.CCCCCCOC(COC(C)[O-])(OCCCCCC)OCCCCCC.[Al+3]. The molecule has 0 radical (unpaired) electrons. The summed E-state index contributed by atoms with van der Waals surface area (Å²) < 4.78 is 70.2. The second-order valence-corrected chi connectivity index (χ2v) is 21.9. The number of ether oxygens (including phenoxy) is 12. The molecule has 0 heterocycles. The van der Waals surface area contributed by atoms with Gasteiger partial charge in [0.2, 0.25) is 0 Å². The van der Waals surface area contributed by atoms with Gasteiger partial charge in [-0.25, -0.2) is 0 Å². The molecule has 0 rings (SSSR count). The fourth-order valence-electron chi connectivity index (χ4n) is 8.22. The van der Waals surface area contributed by atoms with Crippen molar-refractivity contribution in [3.8, 4) is 0 Å². The monoisotopic (exact) mass is 1190 g/mol. The molecule has 15 nitrogen and oxygen atoms in total. The molecule has 82 heavy (non-hydrogen) atoms. The molecule has 0 aliphatic heterocycles. The van der Waals surface area contributed by atoms with Crippen molar-refractivity contribution in [2.45, 2.75) is 351 Å². The molecule has 3 atom stereocenters. The normalized spacial score (nSPS) is 13.1. The topological polar surface area (TPSA) is 180 Å². The van der Waals surface area contributed by atoms with Crippen LogP contribution in [0, 0.1) is 0 Å². The summed E-state index contributed by atoms with van der Waals surface area (Å²) in [6.07, 6.45) is 36.8. The third-order valence-corrected chi connectivity index (χ3v) is 13.4. The van der Waals surface area contributed by atoms with E-state index in [1.54, 1.807) is 0 Å². The van der Waals surface area contributed by atoms with Gasteiger partial charge in [-0.05, 0) is 76.7 Å². The predicted octanol–water partition coefficient (Wildman–Crippen LogP) is 15.1. The van der Waals surface area contributed by atoms with Crippen LogP contribution in [-0.2, 0) is 56.8 Å². The van der Waals surface area contributed by atoms with Gasteiger partial charge in [0.15, 0.2) is 0 Å². The molecule has 0 spiro atoms. The summed E-state index contributed by atoms with van der Waals surface area (Å²) in [5.74, 6) is -3.74. The van der Waals surface area contributed by atoms with Crippen LogP contribution in [0.5, 0.6) is 0 Å². The second kappa shape index (κ2) is 68.4. The zero-order valence-electron chi connectivity index (χ0n) is 55.9. The number of hydrogen-bond acceptors (Lipinski definition) is 15. The van der Waals surface area contributed by atoms with Crippen LogP contribution in [0.15, 0.2) is 0 Å². The van der Waals surface area contributed by atoms with Crippen molar-refractivity contribution in [1.82, 2.24) is 0 Å². The Morgan fingerprint density at radius 3 is 0.439 bits per heavy atom. The third-order valence-electron chi connectivity index (χ3n) is 13.4. The van der Waals surface area contributed by atoms with E-state index in [-0.39, 0.29) is 37.2 Å². The van der Waals surface area contributed by atoms with Crippen molar-refractivity contribution < 1.29 is 72.2 Å². The molecule has 0 amide bonds. The van der Waals surface area contributed by atoms with Crippen LogP contribution in [0.4, 0.5) is 0 Å². The Hall–Kier alpha value is -0.0675. The molecule has 0 aromatic rings. The van der Waals surface area contributed by atoms with Crippen LogP contribution in [0.1, 0.15) is 314 Å². The Kier molecular flexibility index (Phi) is 73.7. The quantitative estimate of drug-likeness (QED) is 0.0319. The van der Waals surface area contributed by atoms with Crippen LogP contribution in [0.2, 0.25) is 0 Å². The summed E-state index contributed by atoms with van der Waals surface area (Å²) in [7, 11) is 0. The predicted molar refractivity (Wildman–Crippen MR) is 331 cm³/mol. The zero-order chi connectivity index (χ0) is 60.7. The average Bonchev–Trinajstić information content (AvgIpc) is 3.45. The average molecular weight is 1200 g/mol. The maximum Gasteiger partial charge on any atom is 3.00 e. The zero-order valence-corrected chi connectivity index (χ0v) is 57.0. The Bertz CT molecular complexity index is 927. The van der Waals surface area contributed by atoms with Crippen molar-refractivity contribution in [2.75, 3.05) is 79.3 Å². The number of hydrogen-bond donors (Lipinski definition) is 0. The van der Waals surface area contributed by atoms with Gasteiger partial charge in [-0.15, -0.1) is 0 Å². The van der Waals surface area contributed by atoms with Crippen LogP contribution < -0.4 is 15.3 Å². The summed E-state index contributed by atoms with van der Waals surface area (Å²) >= 11 is 0. The summed E-state index contributed by atoms with van der Waals surface area (Å²) in [6, 6.07) is 0. The Morgan fingerprint density at radius 1 is 0.220 bits per heavy atom. The fourth-order valence-corrected chi connectivity index (χ4v) is 8.22. The Balaban J connectivity index is -0.000000553. The fraction of sp³-hybridized carbons (Fsp3) is 1.00. The van der Waals surface area contributed by atoms with Gasteiger partial charge in [0.1, 0.15) is 19.8 Å². The minimum Gasteiger partial charge on any atom is -0.831 e. The summed E-state index contributed by atoms with van der Waals surface area (Å²) in [4.78, 5) is 0. The number of rotatable bonds is 63. The first-order valence-electron chi connectivity index (χ1n) is 33.9. The van der Waals surface area contributed by atoms with E-state index in [9.17, 15) is 15.3 Å². The van der Waals surface area contributed by atoms with Crippen LogP contribution >= 0.6 is 0 Å². The van der Waals surface area contributed by atoms with E-state index in [2.05, 4.69) is 62.3 Å². The van der Waals surface area contributed by atoms with E-state index in [0.29, 0.717) is 59.5 Å². The van der Waals surface area contributed by atoms with Gasteiger partial charge in [0.25, 0.3) is 0 Å². The molecule has 0 fully saturated rings. The number of unbranched alkanes of at least 4 members (excludes halogenated alkanes) is 27. The Labute approximate surface area is 517 Å². The van der Waals surface area contributed by atoms with Crippen molar-refractivity contribution in [3.63, 3.8) is 0 Å². The summed E-state index contributed by atoms with van der Waals surface area (Å²) in [6.45, 7) is 29.2. The second-order valence-electron chi connectivity index (χ2n) is 21.9. The molecule has 0 aromatic heterocycles. The van der Waals surface area contributed by atoms with Crippen molar-refractivity contribution in [3.05, 3.63) is 0 Å². The first-order chi connectivity index (χ1) is 39.3. The molecule has 0 N–H and O–H groups in total. The smallest absolute Gasteiger partial charge is 0.831 e. The first kappa shape index (κ1) is 88.4. The van der Waals surface area contributed by atoms with E-state index in [1.165, 1.54) is 136 Å². The summed E-state index contributed by atoms with van der Waals surface area (Å²) in [5, 5.41) is 34.3. The van der Waals surface area contributed by atoms with Gasteiger partial charge in [-0.1, -0.05) is 256 Å². The molecule has 0 saturated carbocycles. The molecule has 0 aromatic carbocycles. The van der Waals surface area contributed by atoms with E-state index in [1.807, 2.05) is 0 Å². The third kappa shape index (κ3) is 61.6. The maximum absolute atomic E-state index is 11.4. The van der Waals surface area contributed by atoms with E-state index in [0.717, 1.165) is 116 Å². The summed E-state index contributed by atoms with van der Waals surface area (Å²) in [5.41, 5.74) is 0. The van der Waals surface area contributed by atoms with Gasteiger partial charge in [0, 0.05) is 0 Å². The first-order valence-corrected chi connectivity index (χ1v) is 33.9.